The maximum absolute atomic E-state index is 13.0. The molecule has 2 aromatic heterocycles. The van der Waals surface area contributed by atoms with Crippen LogP contribution >= 0.6 is 22.9 Å². The molecular formula is C21H16ClF2N3O2S. The Morgan fingerprint density at radius 2 is 1.87 bits per heavy atom. The van der Waals surface area contributed by atoms with E-state index < -0.39 is 18.9 Å². The average molecular weight is 448 g/mol. The highest BCUT2D eigenvalue weighted by molar-refractivity contribution is 7.19. The van der Waals surface area contributed by atoms with Gasteiger partial charge < -0.3 is 10.4 Å². The number of nitrogens with one attached hydrogen (secondary N) is 1. The maximum Gasteiger partial charge on any atom is 0.307 e. The Labute approximate surface area is 179 Å². The number of halogens is 3. The third-order valence-electron chi connectivity index (χ3n) is 4.47. The lowest BCUT2D eigenvalue weighted by Crippen LogP contribution is -2.07. The number of rotatable bonds is 7. The van der Waals surface area contributed by atoms with Gasteiger partial charge in [-0.05, 0) is 48.0 Å². The molecule has 0 unspecified atom stereocenters. The van der Waals surface area contributed by atoms with E-state index in [9.17, 15) is 13.6 Å². The van der Waals surface area contributed by atoms with Crippen LogP contribution < -0.4 is 5.32 Å². The van der Waals surface area contributed by atoms with Gasteiger partial charge in [-0.15, -0.1) is 11.3 Å². The van der Waals surface area contributed by atoms with Crippen molar-refractivity contribution in [1.82, 2.24) is 9.78 Å². The number of anilines is 2. The summed E-state index contributed by atoms with van der Waals surface area (Å²) in [4.78, 5) is 11.6. The quantitative estimate of drug-likeness (QED) is 0.361. The van der Waals surface area contributed by atoms with E-state index in [2.05, 4.69) is 10.4 Å². The van der Waals surface area contributed by atoms with Crippen LogP contribution in [0.1, 0.15) is 5.56 Å². The van der Waals surface area contributed by atoms with Crippen LogP contribution in [0.2, 0.25) is 4.34 Å². The minimum atomic E-state index is -2.52. The van der Waals surface area contributed by atoms with Gasteiger partial charge in [0.2, 0.25) is 0 Å². The first-order chi connectivity index (χ1) is 14.4. The van der Waals surface area contributed by atoms with Crippen molar-refractivity contribution in [1.29, 1.82) is 0 Å². The number of benzene rings is 2. The van der Waals surface area contributed by atoms with Gasteiger partial charge in [-0.25, -0.2) is 8.78 Å². The van der Waals surface area contributed by atoms with Gasteiger partial charge in [0.05, 0.1) is 21.2 Å². The third-order valence-corrected chi connectivity index (χ3v) is 5.70. The van der Waals surface area contributed by atoms with Crippen molar-refractivity contribution in [2.45, 2.75) is 19.4 Å². The first kappa shape index (κ1) is 20.3. The molecule has 0 saturated carbocycles. The van der Waals surface area contributed by atoms with Gasteiger partial charge in [0.1, 0.15) is 12.2 Å². The molecule has 0 aliphatic carbocycles. The number of nitrogens with zero attached hydrogens (tertiary/aromatic N) is 2. The van der Waals surface area contributed by atoms with Gasteiger partial charge in [-0.2, -0.15) is 5.10 Å². The first-order valence-electron chi connectivity index (χ1n) is 9.01. The number of aromatic nitrogens is 2. The molecule has 0 spiro atoms. The molecular weight excluding hydrogens is 432 g/mol. The zero-order valence-corrected chi connectivity index (χ0v) is 17.1. The lowest BCUT2D eigenvalue weighted by atomic mass is 10.1. The van der Waals surface area contributed by atoms with Crippen LogP contribution in [0.5, 0.6) is 0 Å². The van der Waals surface area contributed by atoms with Crippen molar-refractivity contribution in [2.75, 3.05) is 5.32 Å². The van der Waals surface area contributed by atoms with Gasteiger partial charge in [0.25, 0.3) is 6.43 Å². The highest BCUT2D eigenvalue weighted by atomic mass is 35.5. The number of carboxylic acid groups (broad SMARTS) is 1. The van der Waals surface area contributed by atoms with Crippen molar-refractivity contribution >= 4 is 51.2 Å². The Bertz CT molecular complexity index is 1200. The van der Waals surface area contributed by atoms with E-state index in [4.69, 9.17) is 16.7 Å². The van der Waals surface area contributed by atoms with Crippen LogP contribution in [0.15, 0.2) is 54.6 Å². The number of carbonyl (C=O) groups is 1. The summed E-state index contributed by atoms with van der Waals surface area (Å²) in [7, 11) is 0. The van der Waals surface area contributed by atoms with Crippen molar-refractivity contribution < 1.29 is 18.7 Å². The largest absolute Gasteiger partial charge is 0.481 e. The molecule has 2 heterocycles. The average Bonchev–Trinajstić information content (AvgIpc) is 3.26. The second-order valence-corrected chi connectivity index (χ2v) is 8.37. The highest BCUT2D eigenvalue weighted by Gasteiger charge is 2.17. The van der Waals surface area contributed by atoms with Crippen LogP contribution in [0, 0.1) is 0 Å². The fourth-order valence-electron chi connectivity index (χ4n) is 3.20. The number of hydrogen-bond donors (Lipinski definition) is 2. The molecule has 0 amide bonds. The van der Waals surface area contributed by atoms with Crippen LogP contribution in [0.4, 0.5) is 20.2 Å². The van der Waals surface area contributed by atoms with Gasteiger partial charge in [0, 0.05) is 16.8 Å². The SMILES string of the molecule is O=C(O)Cc1ccc(Nc2ccc3c(c2)c(-c2ccc(Cl)s2)nn3CC(F)F)cc1. The Balaban J connectivity index is 1.69. The van der Waals surface area contributed by atoms with E-state index in [1.54, 1.807) is 42.5 Å². The molecule has 0 fully saturated rings. The van der Waals surface area contributed by atoms with E-state index in [0.29, 0.717) is 21.1 Å². The third kappa shape index (κ3) is 4.44. The molecule has 2 aromatic carbocycles. The van der Waals surface area contributed by atoms with E-state index in [1.807, 2.05) is 12.1 Å². The van der Waals surface area contributed by atoms with Gasteiger partial charge >= 0.3 is 5.97 Å². The molecule has 5 nitrogen and oxygen atoms in total. The van der Waals surface area contributed by atoms with E-state index in [-0.39, 0.29) is 6.42 Å². The number of alkyl halides is 2. The molecule has 0 aliphatic rings. The monoisotopic (exact) mass is 447 g/mol. The van der Waals surface area contributed by atoms with Crippen LogP contribution in [-0.2, 0) is 17.8 Å². The molecule has 0 bridgehead atoms. The first-order valence-corrected chi connectivity index (χ1v) is 10.2. The summed E-state index contributed by atoms with van der Waals surface area (Å²) in [6.07, 6.45) is -2.56. The number of fused-ring (bicyclic) bond motifs is 1. The van der Waals surface area contributed by atoms with Gasteiger partial charge in [-0.3, -0.25) is 9.48 Å². The molecule has 4 rings (SSSR count). The summed E-state index contributed by atoms with van der Waals surface area (Å²) in [5.74, 6) is -0.886. The van der Waals surface area contributed by atoms with Gasteiger partial charge in [-0.1, -0.05) is 23.7 Å². The number of aliphatic carboxylic acids is 1. The Morgan fingerprint density at radius 3 is 2.50 bits per heavy atom. The molecule has 9 heteroatoms. The van der Waals surface area contributed by atoms with E-state index in [1.165, 1.54) is 16.0 Å². The van der Waals surface area contributed by atoms with Gasteiger partial charge in [0.15, 0.2) is 0 Å². The standard InChI is InChI=1S/C21H16ClF2N3O2S/c22-18-8-7-17(30-18)21-15-10-14(5-6-16(15)27(26-21)11-19(23)24)25-13-3-1-12(2-4-13)9-20(28)29/h1-8,10,19,25H,9,11H2,(H,28,29). The second kappa shape index (κ2) is 8.41. The van der Waals surface area contributed by atoms with Crippen LogP contribution in [-0.4, -0.2) is 27.3 Å². The van der Waals surface area contributed by atoms with Crippen LogP contribution in [0.3, 0.4) is 0 Å². The molecule has 2 N–H and O–H groups in total. The molecule has 0 radical (unpaired) electrons. The topological polar surface area (TPSA) is 67.2 Å². The van der Waals surface area contributed by atoms with Crippen molar-refractivity contribution in [3.05, 3.63) is 64.5 Å². The zero-order chi connectivity index (χ0) is 21.3. The normalized spacial score (nSPS) is 11.3. The maximum atomic E-state index is 13.0. The summed E-state index contributed by atoms with van der Waals surface area (Å²) in [5, 5.41) is 17.3. The number of carboxylic acids is 1. The van der Waals surface area contributed by atoms with E-state index in [0.717, 1.165) is 21.6 Å². The molecule has 4 aromatic rings. The van der Waals surface area contributed by atoms with Crippen molar-refractivity contribution in [2.24, 2.45) is 0 Å². The molecule has 30 heavy (non-hydrogen) atoms. The summed E-state index contributed by atoms with van der Waals surface area (Å²) >= 11 is 7.39. The summed E-state index contributed by atoms with van der Waals surface area (Å²) in [6, 6.07) is 16.1. The predicted molar refractivity (Wildman–Crippen MR) is 115 cm³/mol. The summed E-state index contributed by atoms with van der Waals surface area (Å²) < 4.78 is 27.9. The Morgan fingerprint density at radius 1 is 1.13 bits per heavy atom. The van der Waals surface area contributed by atoms with Crippen LogP contribution in [0.25, 0.3) is 21.5 Å². The highest BCUT2D eigenvalue weighted by Crippen LogP contribution is 2.36. The molecule has 154 valence electrons. The smallest absolute Gasteiger partial charge is 0.307 e. The van der Waals surface area contributed by atoms with E-state index >= 15 is 0 Å². The fraction of sp³-hybridized carbons (Fsp3) is 0.143. The predicted octanol–water partition coefficient (Wildman–Crippen LogP) is 6.05. The fourth-order valence-corrected chi connectivity index (χ4v) is 4.24. The Kier molecular flexibility index (Phi) is 5.69. The lowest BCUT2D eigenvalue weighted by molar-refractivity contribution is -0.136. The molecule has 0 saturated heterocycles. The minimum Gasteiger partial charge on any atom is -0.481 e. The van der Waals surface area contributed by atoms with Crippen molar-refractivity contribution in [3.63, 3.8) is 0 Å². The molecule has 0 aliphatic heterocycles. The zero-order valence-electron chi connectivity index (χ0n) is 15.5. The second-order valence-electron chi connectivity index (χ2n) is 6.65. The lowest BCUT2D eigenvalue weighted by Gasteiger charge is -2.08. The minimum absolute atomic E-state index is 0.0394. The van der Waals surface area contributed by atoms with Crippen molar-refractivity contribution in [3.8, 4) is 10.6 Å². The summed E-state index contributed by atoms with van der Waals surface area (Å²) in [5.41, 5.74) is 3.45. The number of thiophene rings is 1. The summed E-state index contributed by atoms with van der Waals surface area (Å²) in [6.45, 7) is -0.493. The number of hydrogen-bond acceptors (Lipinski definition) is 4. The molecule has 0 atom stereocenters. The Hall–Kier alpha value is -2.97.